The molecule has 194 valence electrons. The van der Waals surface area contributed by atoms with Crippen molar-refractivity contribution in [3.8, 4) is 17.8 Å². The van der Waals surface area contributed by atoms with Crippen LogP contribution in [0.4, 0.5) is 17.1 Å². The van der Waals surface area contributed by atoms with Gasteiger partial charge in [0.2, 0.25) is 0 Å². The van der Waals surface area contributed by atoms with E-state index >= 15 is 0 Å². The van der Waals surface area contributed by atoms with E-state index in [9.17, 15) is 0 Å². The quantitative estimate of drug-likeness (QED) is 0.242. The number of hydrogen-bond donors (Lipinski definition) is 2. The number of nitrogens with two attached hydrogens (primary N) is 1. The van der Waals surface area contributed by atoms with Crippen LogP contribution in [0.15, 0.2) is 67.0 Å². The van der Waals surface area contributed by atoms with Crippen LogP contribution >= 0.6 is 0 Å². The molecule has 0 saturated carbocycles. The molecule has 0 atom stereocenters. The number of anilines is 3. The van der Waals surface area contributed by atoms with Crippen molar-refractivity contribution >= 4 is 28.1 Å². The number of fused-ring (bicyclic) bond motifs is 1. The molecule has 6 nitrogen and oxygen atoms in total. The van der Waals surface area contributed by atoms with Gasteiger partial charge in [-0.05, 0) is 123 Å². The molecule has 5 aromatic rings. The van der Waals surface area contributed by atoms with Crippen LogP contribution in [0, 0.1) is 64.2 Å². The van der Waals surface area contributed by atoms with Crippen LogP contribution in [0.25, 0.3) is 16.7 Å². The number of benzene rings is 4. The summed E-state index contributed by atoms with van der Waals surface area (Å²) in [7, 11) is 0. The first-order valence-electron chi connectivity index (χ1n) is 12.7. The molecule has 0 aliphatic heterocycles. The highest BCUT2D eigenvalue weighted by Gasteiger charge is 2.10. The van der Waals surface area contributed by atoms with Gasteiger partial charge in [0.05, 0.1) is 28.0 Å². The lowest BCUT2D eigenvalue weighted by Crippen LogP contribution is -2.00. The van der Waals surface area contributed by atoms with Crippen LogP contribution in [0.1, 0.15) is 44.5 Å². The van der Waals surface area contributed by atoms with Crippen LogP contribution in [0.2, 0.25) is 0 Å². The van der Waals surface area contributed by atoms with Gasteiger partial charge in [-0.3, -0.25) is 4.57 Å². The van der Waals surface area contributed by atoms with E-state index in [4.69, 9.17) is 16.3 Å². The highest BCUT2D eigenvalue weighted by Crippen LogP contribution is 2.28. The van der Waals surface area contributed by atoms with Crippen molar-refractivity contribution in [3.05, 3.63) is 111 Å². The Bertz CT molecular complexity index is 1730. The van der Waals surface area contributed by atoms with Gasteiger partial charge in [-0.2, -0.15) is 10.5 Å². The fraction of sp³-hybridized carbons (Fsp3) is 0.182. The maximum absolute atomic E-state index is 9.14. The molecule has 3 N–H and O–H groups in total. The van der Waals surface area contributed by atoms with Gasteiger partial charge in [0.1, 0.15) is 24.0 Å². The van der Waals surface area contributed by atoms with Gasteiger partial charge >= 0.3 is 0 Å². The zero-order valence-electron chi connectivity index (χ0n) is 23.2. The minimum Gasteiger partial charge on any atom is -0.396 e. The summed E-state index contributed by atoms with van der Waals surface area (Å²) in [4.78, 5) is 4.39. The van der Waals surface area contributed by atoms with E-state index in [2.05, 4.69) is 88.2 Å². The molecule has 0 unspecified atom stereocenters. The zero-order valence-corrected chi connectivity index (χ0v) is 23.2. The molecule has 1 aromatic heterocycles. The van der Waals surface area contributed by atoms with Crippen molar-refractivity contribution < 1.29 is 0 Å². The van der Waals surface area contributed by atoms with Gasteiger partial charge in [-0.1, -0.05) is 12.1 Å². The zero-order chi connectivity index (χ0) is 28.3. The Kier molecular flexibility index (Phi) is 7.70. The molecule has 6 heteroatoms. The molecule has 1 heterocycles. The molecule has 0 spiro atoms. The van der Waals surface area contributed by atoms with E-state index in [0.717, 1.165) is 28.1 Å². The standard InChI is InChI=1S/C17H15N3.C16H17N3/c1-11-7-15(8-12(2)13(11)3)20-10-19-17-14(9-18)5-4-6-16(17)20;1-10-7-14(8-11(2)12(10)3)19-15-6-4-5-13(9-17)16(15)18/h4-8,10H,1-3H3;4-8,19H,18H2,1-3H3. The maximum atomic E-state index is 9.14. The number of nitrogen functional groups attached to an aromatic ring is 1. The molecule has 0 aliphatic rings. The summed E-state index contributed by atoms with van der Waals surface area (Å²) in [5.74, 6) is 0. The maximum Gasteiger partial charge on any atom is 0.107 e. The molecule has 0 amide bonds. The van der Waals surface area contributed by atoms with Crippen molar-refractivity contribution in [1.82, 2.24) is 9.55 Å². The number of imidazole rings is 1. The van der Waals surface area contributed by atoms with Crippen molar-refractivity contribution in [2.75, 3.05) is 11.1 Å². The van der Waals surface area contributed by atoms with Gasteiger partial charge in [-0.25, -0.2) is 4.98 Å². The smallest absolute Gasteiger partial charge is 0.107 e. The van der Waals surface area contributed by atoms with Crippen LogP contribution in [0.5, 0.6) is 0 Å². The predicted molar refractivity (Wildman–Crippen MR) is 160 cm³/mol. The largest absolute Gasteiger partial charge is 0.396 e. The monoisotopic (exact) mass is 512 g/mol. The Morgan fingerprint density at radius 2 is 1.28 bits per heavy atom. The lowest BCUT2D eigenvalue weighted by molar-refractivity contribution is 1.07. The Morgan fingerprint density at radius 1 is 0.744 bits per heavy atom. The molecular formula is C33H32N6. The van der Waals surface area contributed by atoms with E-state index in [1.54, 1.807) is 18.5 Å². The molecule has 0 aliphatic carbocycles. The molecule has 5 rings (SSSR count). The summed E-state index contributed by atoms with van der Waals surface area (Å²) in [6, 6.07) is 23.9. The second kappa shape index (κ2) is 11.1. The summed E-state index contributed by atoms with van der Waals surface area (Å²) in [6.07, 6.45) is 1.79. The van der Waals surface area contributed by atoms with Gasteiger partial charge in [0, 0.05) is 11.4 Å². The van der Waals surface area contributed by atoms with Crippen LogP contribution < -0.4 is 11.1 Å². The minimum atomic E-state index is 0.487. The summed E-state index contributed by atoms with van der Waals surface area (Å²) in [5.41, 5.74) is 19.7. The summed E-state index contributed by atoms with van der Waals surface area (Å²) < 4.78 is 2.04. The predicted octanol–water partition coefficient (Wildman–Crippen LogP) is 7.63. The summed E-state index contributed by atoms with van der Waals surface area (Å²) >= 11 is 0. The number of hydrogen-bond acceptors (Lipinski definition) is 5. The second-order valence-electron chi connectivity index (χ2n) is 9.84. The molecule has 0 saturated heterocycles. The van der Waals surface area contributed by atoms with E-state index in [0.29, 0.717) is 16.8 Å². The highest BCUT2D eigenvalue weighted by atomic mass is 15.0. The van der Waals surface area contributed by atoms with Crippen LogP contribution in [-0.4, -0.2) is 9.55 Å². The van der Waals surface area contributed by atoms with Crippen molar-refractivity contribution in [3.63, 3.8) is 0 Å². The number of nitrogens with zero attached hydrogens (tertiary/aromatic N) is 4. The second-order valence-corrected chi connectivity index (χ2v) is 9.84. The summed E-state index contributed by atoms with van der Waals surface area (Å²) in [5, 5.41) is 21.4. The van der Waals surface area contributed by atoms with Gasteiger partial charge in [0.25, 0.3) is 0 Å². The molecule has 0 bridgehead atoms. The first-order valence-corrected chi connectivity index (χ1v) is 12.7. The van der Waals surface area contributed by atoms with E-state index in [1.807, 2.05) is 28.8 Å². The Labute approximate surface area is 230 Å². The average molecular weight is 513 g/mol. The average Bonchev–Trinajstić information content (AvgIpc) is 3.36. The first kappa shape index (κ1) is 27.0. The van der Waals surface area contributed by atoms with E-state index < -0.39 is 0 Å². The number of rotatable bonds is 3. The van der Waals surface area contributed by atoms with Crippen molar-refractivity contribution in [2.45, 2.75) is 41.5 Å². The molecule has 4 aromatic carbocycles. The third-order valence-corrected chi connectivity index (χ3v) is 7.32. The fourth-order valence-corrected chi connectivity index (χ4v) is 4.52. The Balaban J connectivity index is 0.000000181. The summed E-state index contributed by atoms with van der Waals surface area (Å²) in [6.45, 7) is 12.6. The van der Waals surface area contributed by atoms with Crippen LogP contribution in [-0.2, 0) is 0 Å². The Morgan fingerprint density at radius 3 is 1.87 bits per heavy atom. The first-order chi connectivity index (χ1) is 18.6. The number of aromatic nitrogens is 2. The van der Waals surface area contributed by atoms with Gasteiger partial charge in [-0.15, -0.1) is 0 Å². The lowest BCUT2D eigenvalue weighted by Gasteiger charge is -2.13. The third kappa shape index (κ3) is 5.46. The number of aryl methyl sites for hydroxylation is 4. The third-order valence-electron chi connectivity index (χ3n) is 7.32. The number of para-hydroxylation sites is 2. The SMILES string of the molecule is Cc1cc(-n2cnc3c(C#N)cccc32)cc(C)c1C.Cc1cc(Nc2cccc(C#N)c2N)cc(C)c1C. The van der Waals surface area contributed by atoms with Crippen molar-refractivity contribution in [1.29, 1.82) is 10.5 Å². The van der Waals surface area contributed by atoms with Crippen molar-refractivity contribution in [2.24, 2.45) is 0 Å². The van der Waals surface area contributed by atoms with E-state index in [1.165, 1.54) is 33.4 Å². The number of nitrogens with one attached hydrogen (secondary N) is 1. The molecule has 0 fully saturated rings. The normalized spacial score (nSPS) is 10.4. The topological polar surface area (TPSA) is 103 Å². The molecule has 39 heavy (non-hydrogen) atoms. The minimum absolute atomic E-state index is 0.487. The Hall–Kier alpha value is -5.07. The number of nitriles is 2. The fourth-order valence-electron chi connectivity index (χ4n) is 4.52. The van der Waals surface area contributed by atoms with Crippen LogP contribution in [0.3, 0.4) is 0 Å². The molecular weight excluding hydrogens is 480 g/mol. The molecule has 0 radical (unpaired) electrons. The van der Waals surface area contributed by atoms with Gasteiger partial charge in [0.15, 0.2) is 0 Å². The highest BCUT2D eigenvalue weighted by molar-refractivity contribution is 5.83. The van der Waals surface area contributed by atoms with Gasteiger partial charge < -0.3 is 11.1 Å². The lowest BCUT2D eigenvalue weighted by atomic mass is 10.0. The van der Waals surface area contributed by atoms with E-state index in [-0.39, 0.29) is 0 Å².